The van der Waals surface area contributed by atoms with Crippen LogP contribution in [0, 0.1) is 10.1 Å². The van der Waals surface area contributed by atoms with E-state index in [9.17, 15) is 19.7 Å². The van der Waals surface area contributed by atoms with Crippen LogP contribution in [0.1, 0.15) is 22.8 Å². The number of carbonyl (C=O) groups is 2. The second-order valence-electron chi connectivity index (χ2n) is 3.91. The van der Waals surface area contributed by atoms with Crippen molar-refractivity contribution in [2.45, 2.75) is 19.5 Å². The quantitative estimate of drug-likeness (QED) is 0.499. The molecule has 102 valence electrons. The van der Waals surface area contributed by atoms with E-state index in [1.807, 2.05) is 0 Å². The van der Waals surface area contributed by atoms with Gasteiger partial charge in [0.25, 0.3) is 5.69 Å². The molecule has 0 saturated carbocycles. The van der Waals surface area contributed by atoms with E-state index in [0.29, 0.717) is 0 Å². The topological polar surface area (TPSA) is 136 Å². The molecule has 0 aliphatic rings. The summed E-state index contributed by atoms with van der Waals surface area (Å²) < 4.78 is 0. The number of amides is 1. The highest BCUT2D eigenvalue weighted by molar-refractivity contribution is 5.93. The molecule has 8 nitrogen and oxygen atoms in total. The minimum atomic E-state index is -1.06. The fourth-order valence-corrected chi connectivity index (χ4v) is 1.39. The van der Waals surface area contributed by atoms with Crippen LogP contribution in [0.15, 0.2) is 18.2 Å². The van der Waals surface area contributed by atoms with Gasteiger partial charge in [0.15, 0.2) is 0 Å². The zero-order chi connectivity index (χ0) is 14.6. The van der Waals surface area contributed by atoms with E-state index in [0.717, 1.165) is 6.07 Å². The Morgan fingerprint density at radius 1 is 1.53 bits per heavy atom. The van der Waals surface area contributed by atoms with E-state index in [4.69, 9.17) is 10.8 Å². The Hall–Kier alpha value is -2.48. The standard InChI is InChI=1S/C11H13N3O5/c1-6(11(16)17)13-5-8-3-2-7(10(12)15)4-9(8)14(18)19/h2-4,6,13H,5H2,1H3,(H2,12,15)(H,16,17). The molecule has 19 heavy (non-hydrogen) atoms. The van der Waals surface area contributed by atoms with Crippen molar-refractivity contribution in [2.75, 3.05) is 0 Å². The zero-order valence-corrected chi connectivity index (χ0v) is 10.1. The van der Waals surface area contributed by atoms with Gasteiger partial charge in [-0.15, -0.1) is 0 Å². The molecule has 1 unspecified atom stereocenters. The Bertz CT molecular complexity index is 529. The number of carboxylic acid groups (broad SMARTS) is 1. The SMILES string of the molecule is CC(NCc1ccc(C(N)=O)cc1[N+](=O)[O-])C(=O)O. The fraction of sp³-hybridized carbons (Fsp3) is 0.273. The van der Waals surface area contributed by atoms with Gasteiger partial charge in [-0.1, -0.05) is 6.07 Å². The largest absolute Gasteiger partial charge is 0.480 e. The number of nitrogens with one attached hydrogen (secondary N) is 1. The number of hydrogen-bond acceptors (Lipinski definition) is 5. The summed E-state index contributed by atoms with van der Waals surface area (Å²) in [6, 6.07) is 2.97. The first-order valence-electron chi connectivity index (χ1n) is 5.36. The van der Waals surface area contributed by atoms with Crippen LogP contribution in [0.5, 0.6) is 0 Å². The molecule has 1 atom stereocenters. The van der Waals surface area contributed by atoms with Gasteiger partial charge in [-0.25, -0.2) is 0 Å². The van der Waals surface area contributed by atoms with Crippen LogP contribution in [-0.4, -0.2) is 27.9 Å². The van der Waals surface area contributed by atoms with Crippen molar-refractivity contribution < 1.29 is 19.6 Å². The first kappa shape index (κ1) is 14.6. The lowest BCUT2D eigenvalue weighted by Crippen LogP contribution is -2.33. The van der Waals surface area contributed by atoms with Crippen LogP contribution in [0.4, 0.5) is 5.69 Å². The van der Waals surface area contributed by atoms with Crippen LogP contribution >= 0.6 is 0 Å². The molecule has 0 aliphatic heterocycles. The smallest absolute Gasteiger partial charge is 0.320 e. The summed E-state index contributed by atoms with van der Waals surface area (Å²) in [6.07, 6.45) is 0. The molecule has 1 amide bonds. The summed E-state index contributed by atoms with van der Waals surface area (Å²) in [4.78, 5) is 31.8. The van der Waals surface area contributed by atoms with Crippen LogP contribution in [-0.2, 0) is 11.3 Å². The first-order chi connectivity index (χ1) is 8.82. The normalized spacial score (nSPS) is 11.8. The summed E-state index contributed by atoms with van der Waals surface area (Å²) >= 11 is 0. The number of primary amides is 1. The molecule has 1 aromatic rings. The minimum Gasteiger partial charge on any atom is -0.480 e. The number of carboxylic acids is 1. The van der Waals surface area contributed by atoms with Crippen molar-refractivity contribution in [3.63, 3.8) is 0 Å². The summed E-state index contributed by atoms with van der Waals surface area (Å²) in [6.45, 7) is 1.43. The van der Waals surface area contributed by atoms with Gasteiger partial charge in [-0.2, -0.15) is 0 Å². The highest BCUT2D eigenvalue weighted by Crippen LogP contribution is 2.20. The van der Waals surface area contributed by atoms with Gasteiger partial charge in [0.2, 0.25) is 5.91 Å². The van der Waals surface area contributed by atoms with Crippen LogP contribution in [0.2, 0.25) is 0 Å². The number of hydrogen-bond donors (Lipinski definition) is 3. The van der Waals surface area contributed by atoms with Gasteiger partial charge in [0, 0.05) is 23.7 Å². The van der Waals surface area contributed by atoms with Gasteiger partial charge >= 0.3 is 5.97 Å². The van der Waals surface area contributed by atoms with Crippen LogP contribution < -0.4 is 11.1 Å². The third-order valence-corrected chi connectivity index (χ3v) is 2.54. The molecule has 1 rings (SSSR count). The Morgan fingerprint density at radius 3 is 2.63 bits per heavy atom. The van der Waals surface area contributed by atoms with Crippen molar-refractivity contribution in [1.29, 1.82) is 0 Å². The molecule has 1 aromatic carbocycles. The highest BCUT2D eigenvalue weighted by Gasteiger charge is 2.18. The minimum absolute atomic E-state index is 0.00280. The summed E-state index contributed by atoms with van der Waals surface area (Å²) in [5, 5.41) is 22.2. The molecule has 0 bridgehead atoms. The zero-order valence-electron chi connectivity index (χ0n) is 10.1. The highest BCUT2D eigenvalue weighted by atomic mass is 16.6. The first-order valence-corrected chi connectivity index (χ1v) is 5.36. The second-order valence-corrected chi connectivity index (χ2v) is 3.91. The summed E-state index contributed by atoms with van der Waals surface area (Å²) in [7, 11) is 0. The predicted octanol–water partition coefficient (Wildman–Crippen LogP) is 0.256. The van der Waals surface area contributed by atoms with E-state index < -0.39 is 22.8 Å². The van der Waals surface area contributed by atoms with E-state index in [1.54, 1.807) is 0 Å². The number of benzene rings is 1. The maximum atomic E-state index is 10.9. The van der Waals surface area contributed by atoms with Crippen molar-refractivity contribution in [3.8, 4) is 0 Å². The van der Waals surface area contributed by atoms with Gasteiger partial charge < -0.3 is 16.2 Å². The number of nitro groups is 1. The summed E-state index contributed by atoms with van der Waals surface area (Å²) in [5.74, 6) is -1.82. The number of nitrogens with two attached hydrogens (primary N) is 1. The molecule has 4 N–H and O–H groups in total. The van der Waals surface area contributed by atoms with E-state index in [2.05, 4.69) is 5.32 Å². The lowest BCUT2D eigenvalue weighted by atomic mass is 10.1. The number of rotatable bonds is 6. The van der Waals surface area contributed by atoms with E-state index in [1.165, 1.54) is 19.1 Å². The third kappa shape index (κ3) is 3.75. The van der Waals surface area contributed by atoms with Gasteiger partial charge in [0.05, 0.1) is 4.92 Å². The molecular formula is C11H13N3O5. The molecule has 0 saturated heterocycles. The van der Waals surface area contributed by atoms with Crippen LogP contribution in [0.3, 0.4) is 0 Å². The number of carbonyl (C=O) groups excluding carboxylic acids is 1. The number of nitro benzene ring substituents is 1. The van der Waals surface area contributed by atoms with Crippen molar-refractivity contribution in [3.05, 3.63) is 39.4 Å². The maximum absolute atomic E-state index is 10.9. The van der Waals surface area contributed by atoms with Crippen molar-refractivity contribution >= 4 is 17.6 Å². The average molecular weight is 267 g/mol. The molecule has 0 aliphatic carbocycles. The van der Waals surface area contributed by atoms with E-state index in [-0.39, 0.29) is 23.4 Å². The molecule has 8 heteroatoms. The van der Waals surface area contributed by atoms with Gasteiger partial charge in [-0.05, 0) is 13.0 Å². The maximum Gasteiger partial charge on any atom is 0.320 e. The molecule has 0 radical (unpaired) electrons. The monoisotopic (exact) mass is 267 g/mol. The average Bonchev–Trinajstić information content (AvgIpc) is 2.35. The lowest BCUT2D eigenvalue weighted by molar-refractivity contribution is -0.385. The Labute approximate surface area is 108 Å². The second kappa shape index (κ2) is 5.91. The van der Waals surface area contributed by atoms with E-state index >= 15 is 0 Å². The summed E-state index contributed by atoms with van der Waals surface area (Å²) in [5.41, 5.74) is 5.07. The van der Waals surface area contributed by atoms with Crippen LogP contribution in [0.25, 0.3) is 0 Å². The predicted molar refractivity (Wildman–Crippen MR) is 65.6 cm³/mol. The molecule has 0 fully saturated rings. The third-order valence-electron chi connectivity index (χ3n) is 2.54. The number of nitrogens with zero attached hydrogens (tertiary/aromatic N) is 1. The van der Waals surface area contributed by atoms with Crippen molar-refractivity contribution in [2.24, 2.45) is 5.73 Å². The Kier molecular flexibility index (Phi) is 4.54. The molecular weight excluding hydrogens is 254 g/mol. The fourth-order valence-electron chi connectivity index (χ4n) is 1.39. The molecule has 0 spiro atoms. The van der Waals surface area contributed by atoms with Gasteiger partial charge in [-0.3, -0.25) is 19.7 Å². The Morgan fingerprint density at radius 2 is 2.16 bits per heavy atom. The Balaban J connectivity index is 2.97. The molecule has 0 aromatic heterocycles. The molecule has 0 heterocycles. The van der Waals surface area contributed by atoms with Crippen molar-refractivity contribution in [1.82, 2.24) is 5.32 Å². The lowest BCUT2D eigenvalue weighted by Gasteiger charge is -2.09. The number of aliphatic carboxylic acids is 1. The van der Waals surface area contributed by atoms with Gasteiger partial charge in [0.1, 0.15) is 6.04 Å².